The second-order valence-corrected chi connectivity index (χ2v) is 8.47. The lowest BCUT2D eigenvalue weighted by atomic mass is 10.2. The van der Waals surface area contributed by atoms with Gasteiger partial charge in [0.05, 0.1) is 19.1 Å². The van der Waals surface area contributed by atoms with Crippen molar-refractivity contribution in [1.82, 2.24) is 0 Å². The molecule has 0 spiro atoms. The number of hydrogen-bond donors (Lipinski definition) is 0. The van der Waals surface area contributed by atoms with E-state index in [0.29, 0.717) is 6.61 Å². The van der Waals surface area contributed by atoms with E-state index in [9.17, 15) is 4.79 Å². The van der Waals surface area contributed by atoms with Crippen LogP contribution in [0.15, 0.2) is 12.7 Å². The summed E-state index contributed by atoms with van der Waals surface area (Å²) in [6.45, 7) is 12.1. The molecule has 1 unspecified atom stereocenters. The van der Waals surface area contributed by atoms with Crippen LogP contribution in [0.3, 0.4) is 0 Å². The second kappa shape index (κ2) is 5.98. The fourth-order valence-electron chi connectivity index (χ4n) is 1.01. The summed E-state index contributed by atoms with van der Waals surface area (Å²) in [5, 5.41) is 0. The van der Waals surface area contributed by atoms with Crippen molar-refractivity contribution in [1.29, 1.82) is 0 Å². The third kappa shape index (κ3) is 6.86. The van der Waals surface area contributed by atoms with Crippen LogP contribution in [0.25, 0.3) is 0 Å². The van der Waals surface area contributed by atoms with Gasteiger partial charge in [0.1, 0.15) is 0 Å². The molecule has 0 fully saturated rings. The first-order valence-corrected chi connectivity index (χ1v) is 8.26. The van der Waals surface area contributed by atoms with Crippen molar-refractivity contribution >= 4 is 14.3 Å². The standard InChI is InChI=1S/C10H20O3Si/c1-6-9(13-14(3,4)5)8-10(11)12-7-2/h6,9H,1,7-8H2,2-5H3. The first kappa shape index (κ1) is 13.4. The minimum atomic E-state index is -1.61. The lowest BCUT2D eigenvalue weighted by molar-refractivity contribution is -0.144. The highest BCUT2D eigenvalue weighted by Crippen LogP contribution is 2.11. The zero-order valence-corrected chi connectivity index (χ0v) is 10.5. The Labute approximate surface area is 87.2 Å². The van der Waals surface area contributed by atoms with Crippen LogP contribution < -0.4 is 0 Å². The fourth-order valence-corrected chi connectivity index (χ4v) is 2.10. The first-order valence-electron chi connectivity index (χ1n) is 4.85. The van der Waals surface area contributed by atoms with E-state index in [2.05, 4.69) is 26.2 Å². The molecule has 0 heterocycles. The van der Waals surface area contributed by atoms with E-state index >= 15 is 0 Å². The van der Waals surface area contributed by atoms with Gasteiger partial charge in [-0.2, -0.15) is 0 Å². The van der Waals surface area contributed by atoms with Crippen LogP contribution in [0.5, 0.6) is 0 Å². The SMILES string of the molecule is C=CC(CC(=O)OCC)O[Si](C)(C)C. The van der Waals surface area contributed by atoms with Crippen molar-refractivity contribution in [2.24, 2.45) is 0 Å². The molecule has 0 radical (unpaired) electrons. The van der Waals surface area contributed by atoms with Gasteiger partial charge in [-0.15, -0.1) is 6.58 Å². The normalized spacial score (nSPS) is 13.4. The molecule has 0 N–H and O–H groups in total. The van der Waals surface area contributed by atoms with Crippen LogP contribution in [-0.4, -0.2) is 27.0 Å². The van der Waals surface area contributed by atoms with Gasteiger partial charge in [-0.25, -0.2) is 0 Å². The highest BCUT2D eigenvalue weighted by Gasteiger charge is 2.21. The Morgan fingerprint density at radius 2 is 2.07 bits per heavy atom. The first-order chi connectivity index (χ1) is 6.39. The largest absolute Gasteiger partial charge is 0.466 e. The molecule has 0 aliphatic rings. The van der Waals surface area contributed by atoms with Gasteiger partial charge >= 0.3 is 5.97 Å². The number of hydrogen-bond acceptors (Lipinski definition) is 3. The quantitative estimate of drug-likeness (QED) is 0.388. The van der Waals surface area contributed by atoms with Crippen LogP contribution in [0.1, 0.15) is 13.3 Å². The van der Waals surface area contributed by atoms with Crippen molar-refractivity contribution in [2.75, 3.05) is 6.61 Å². The maximum absolute atomic E-state index is 11.2. The second-order valence-electron chi connectivity index (χ2n) is 4.01. The number of carbonyl (C=O) groups excluding carboxylic acids is 1. The molecule has 0 aromatic carbocycles. The van der Waals surface area contributed by atoms with Gasteiger partial charge in [0.15, 0.2) is 8.32 Å². The van der Waals surface area contributed by atoms with Gasteiger partial charge in [-0.05, 0) is 26.6 Å². The molecular weight excluding hydrogens is 196 g/mol. The predicted molar refractivity (Wildman–Crippen MR) is 59.7 cm³/mol. The number of ether oxygens (including phenoxy) is 1. The van der Waals surface area contributed by atoms with Gasteiger partial charge in [-0.3, -0.25) is 4.79 Å². The maximum Gasteiger partial charge on any atom is 0.308 e. The number of esters is 1. The predicted octanol–water partition coefficient (Wildman–Crippen LogP) is 2.35. The van der Waals surface area contributed by atoms with E-state index < -0.39 is 8.32 Å². The van der Waals surface area contributed by atoms with Gasteiger partial charge in [-0.1, -0.05) is 6.08 Å². The Morgan fingerprint density at radius 3 is 2.43 bits per heavy atom. The average Bonchev–Trinajstić information content (AvgIpc) is 2.01. The molecule has 82 valence electrons. The van der Waals surface area contributed by atoms with E-state index in [1.165, 1.54) is 0 Å². The van der Waals surface area contributed by atoms with Gasteiger partial charge in [0, 0.05) is 0 Å². The van der Waals surface area contributed by atoms with E-state index in [4.69, 9.17) is 9.16 Å². The lowest BCUT2D eigenvalue weighted by Crippen LogP contribution is -2.32. The number of rotatable bonds is 6. The van der Waals surface area contributed by atoms with E-state index in [0.717, 1.165) is 0 Å². The Hall–Kier alpha value is -0.613. The molecule has 0 rings (SSSR count). The molecule has 14 heavy (non-hydrogen) atoms. The van der Waals surface area contributed by atoms with Crippen LogP contribution in [0, 0.1) is 0 Å². The molecule has 0 saturated heterocycles. The van der Waals surface area contributed by atoms with Gasteiger partial charge in [0.2, 0.25) is 0 Å². The average molecular weight is 216 g/mol. The van der Waals surface area contributed by atoms with Crippen LogP contribution in [0.4, 0.5) is 0 Å². The molecule has 4 heteroatoms. The Kier molecular flexibility index (Phi) is 5.72. The molecule has 0 aliphatic carbocycles. The van der Waals surface area contributed by atoms with Crippen molar-refractivity contribution in [3.63, 3.8) is 0 Å². The monoisotopic (exact) mass is 216 g/mol. The van der Waals surface area contributed by atoms with Crippen LogP contribution >= 0.6 is 0 Å². The summed E-state index contributed by atoms with van der Waals surface area (Å²) < 4.78 is 10.6. The molecule has 0 amide bonds. The topological polar surface area (TPSA) is 35.5 Å². The summed E-state index contributed by atoms with van der Waals surface area (Å²) in [7, 11) is -1.61. The molecule has 0 bridgehead atoms. The highest BCUT2D eigenvalue weighted by atomic mass is 28.4. The summed E-state index contributed by atoms with van der Waals surface area (Å²) in [4.78, 5) is 11.2. The zero-order valence-electron chi connectivity index (χ0n) is 9.50. The minimum absolute atomic E-state index is 0.208. The molecule has 0 saturated carbocycles. The Bertz CT molecular complexity index is 196. The van der Waals surface area contributed by atoms with E-state index in [1.54, 1.807) is 13.0 Å². The molecule has 0 aliphatic heterocycles. The summed E-state index contributed by atoms with van der Waals surface area (Å²) in [5.74, 6) is -0.226. The Balaban J connectivity index is 4.03. The van der Waals surface area contributed by atoms with E-state index in [1.807, 2.05) is 0 Å². The van der Waals surface area contributed by atoms with Crippen molar-refractivity contribution in [2.45, 2.75) is 39.1 Å². The molecule has 0 aromatic rings. The highest BCUT2D eigenvalue weighted by molar-refractivity contribution is 6.69. The molecule has 3 nitrogen and oxygen atoms in total. The summed E-state index contributed by atoms with van der Waals surface area (Å²) >= 11 is 0. The molecule has 0 aromatic heterocycles. The van der Waals surface area contributed by atoms with Crippen LogP contribution in [-0.2, 0) is 14.0 Å². The molecule has 1 atom stereocenters. The van der Waals surface area contributed by atoms with E-state index in [-0.39, 0.29) is 18.5 Å². The maximum atomic E-state index is 11.2. The summed E-state index contributed by atoms with van der Waals surface area (Å²) in [6.07, 6.45) is 1.72. The van der Waals surface area contributed by atoms with Gasteiger partial charge < -0.3 is 9.16 Å². The van der Waals surface area contributed by atoms with Crippen molar-refractivity contribution < 1.29 is 14.0 Å². The molecular formula is C10H20O3Si. The Morgan fingerprint density at radius 1 is 1.50 bits per heavy atom. The van der Waals surface area contributed by atoms with Crippen molar-refractivity contribution in [3.05, 3.63) is 12.7 Å². The summed E-state index contributed by atoms with van der Waals surface area (Å²) in [5.41, 5.74) is 0. The lowest BCUT2D eigenvalue weighted by Gasteiger charge is -2.23. The third-order valence-electron chi connectivity index (χ3n) is 1.44. The van der Waals surface area contributed by atoms with Crippen molar-refractivity contribution in [3.8, 4) is 0 Å². The minimum Gasteiger partial charge on any atom is -0.466 e. The third-order valence-corrected chi connectivity index (χ3v) is 2.45. The number of carbonyl (C=O) groups is 1. The van der Waals surface area contributed by atoms with Crippen LogP contribution in [0.2, 0.25) is 19.6 Å². The zero-order chi connectivity index (χ0) is 11.2. The van der Waals surface area contributed by atoms with Gasteiger partial charge in [0.25, 0.3) is 0 Å². The fraction of sp³-hybridized carbons (Fsp3) is 0.700. The summed E-state index contributed by atoms with van der Waals surface area (Å²) in [6, 6.07) is 0. The smallest absolute Gasteiger partial charge is 0.308 e.